The highest BCUT2D eigenvalue weighted by atomic mass is 19.1. The molecule has 0 aliphatic rings. The van der Waals surface area contributed by atoms with Gasteiger partial charge in [-0.25, -0.2) is 14.4 Å². The average molecular weight is 435 g/mol. The van der Waals surface area contributed by atoms with Gasteiger partial charge in [0, 0.05) is 41.6 Å². The van der Waals surface area contributed by atoms with Gasteiger partial charge in [0.2, 0.25) is 0 Å². The van der Waals surface area contributed by atoms with E-state index in [4.69, 9.17) is 14.5 Å². The molecule has 1 amide bonds. The van der Waals surface area contributed by atoms with Gasteiger partial charge in [0.25, 0.3) is 5.91 Å². The molecule has 0 saturated heterocycles. The van der Waals surface area contributed by atoms with Gasteiger partial charge in [0.15, 0.2) is 0 Å². The molecule has 164 valence electrons. The van der Waals surface area contributed by atoms with Crippen molar-refractivity contribution in [3.8, 4) is 22.8 Å². The summed E-state index contributed by atoms with van der Waals surface area (Å²) in [6.07, 6.45) is 1.97. The molecule has 0 unspecified atom stereocenters. The van der Waals surface area contributed by atoms with Crippen LogP contribution < -0.4 is 14.8 Å². The van der Waals surface area contributed by atoms with Crippen molar-refractivity contribution >= 4 is 16.8 Å². The van der Waals surface area contributed by atoms with Crippen molar-refractivity contribution in [3.63, 3.8) is 0 Å². The number of carbonyl (C=O) groups is 1. The number of fused-ring (bicyclic) bond motifs is 1. The number of halogens is 1. The fraction of sp³-hybridized carbons (Fsp3) is 0.217. The number of carbonyl (C=O) groups excluding carboxylic acids is 1. The van der Waals surface area contributed by atoms with Gasteiger partial charge in [-0.05, 0) is 37.3 Å². The van der Waals surface area contributed by atoms with Crippen molar-refractivity contribution in [2.75, 3.05) is 20.3 Å². The van der Waals surface area contributed by atoms with E-state index >= 15 is 0 Å². The molecular weight excluding hydrogens is 413 g/mol. The SMILES string of the molecule is CCOc1cc(-c2ccc(F)cc2OC)nc2cc(C(=O)NCCc3ncn[nH]3)ccc12. The molecule has 0 aliphatic carbocycles. The molecule has 0 spiro atoms. The maximum absolute atomic E-state index is 13.7. The number of methoxy groups -OCH3 is 1. The Morgan fingerprint density at radius 1 is 1.16 bits per heavy atom. The number of rotatable bonds is 8. The molecule has 4 aromatic rings. The van der Waals surface area contributed by atoms with Crippen molar-refractivity contribution in [1.82, 2.24) is 25.5 Å². The Morgan fingerprint density at radius 2 is 2.03 bits per heavy atom. The van der Waals surface area contributed by atoms with E-state index in [0.717, 1.165) is 5.39 Å². The Balaban J connectivity index is 1.67. The van der Waals surface area contributed by atoms with Crippen LogP contribution in [0.25, 0.3) is 22.2 Å². The second kappa shape index (κ2) is 9.42. The summed E-state index contributed by atoms with van der Waals surface area (Å²) in [6.45, 7) is 2.76. The topological polar surface area (TPSA) is 102 Å². The number of hydrogen-bond donors (Lipinski definition) is 2. The molecule has 0 atom stereocenters. The molecule has 0 aliphatic heterocycles. The molecule has 0 fully saturated rings. The first-order chi connectivity index (χ1) is 15.6. The zero-order valence-electron chi connectivity index (χ0n) is 17.7. The molecule has 8 nitrogen and oxygen atoms in total. The summed E-state index contributed by atoms with van der Waals surface area (Å²) in [4.78, 5) is 21.4. The number of pyridine rings is 1. The lowest BCUT2D eigenvalue weighted by Gasteiger charge is -2.13. The number of amides is 1. The minimum atomic E-state index is -0.402. The third-order valence-electron chi connectivity index (χ3n) is 4.89. The van der Waals surface area contributed by atoms with Crippen LogP contribution in [0.2, 0.25) is 0 Å². The maximum Gasteiger partial charge on any atom is 0.251 e. The summed E-state index contributed by atoms with van der Waals surface area (Å²) < 4.78 is 24.8. The van der Waals surface area contributed by atoms with Gasteiger partial charge in [-0.3, -0.25) is 9.89 Å². The third-order valence-corrected chi connectivity index (χ3v) is 4.89. The fourth-order valence-electron chi connectivity index (χ4n) is 3.38. The second-order valence-corrected chi connectivity index (χ2v) is 6.95. The number of H-pyrrole nitrogens is 1. The van der Waals surface area contributed by atoms with Crippen molar-refractivity contribution in [2.24, 2.45) is 0 Å². The Kier molecular flexibility index (Phi) is 6.25. The molecule has 32 heavy (non-hydrogen) atoms. The monoisotopic (exact) mass is 435 g/mol. The average Bonchev–Trinajstić information content (AvgIpc) is 3.32. The Morgan fingerprint density at radius 3 is 2.78 bits per heavy atom. The van der Waals surface area contributed by atoms with Gasteiger partial charge in [-0.2, -0.15) is 5.10 Å². The predicted octanol–water partition coefficient (Wildman–Crippen LogP) is 3.54. The van der Waals surface area contributed by atoms with Crippen LogP contribution in [0.4, 0.5) is 4.39 Å². The Hall–Kier alpha value is -4.01. The van der Waals surface area contributed by atoms with Crippen molar-refractivity contribution in [3.05, 3.63) is 66.0 Å². The van der Waals surface area contributed by atoms with Gasteiger partial charge >= 0.3 is 0 Å². The lowest BCUT2D eigenvalue weighted by molar-refractivity contribution is 0.0954. The zero-order chi connectivity index (χ0) is 22.5. The summed E-state index contributed by atoms with van der Waals surface area (Å²) in [6, 6.07) is 11.3. The van der Waals surface area contributed by atoms with E-state index in [2.05, 4.69) is 20.5 Å². The van der Waals surface area contributed by atoms with Crippen molar-refractivity contribution < 1.29 is 18.7 Å². The summed E-state index contributed by atoms with van der Waals surface area (Å²) >= 11 is 0. The van der Waals surface area contributed by atoms with E-state index in [1.807, 2.05) is 13.0 Å². The predicted molar refractivity (Wildman–Crippen MR) is 117 cm³/mol. The molecule has 2 heterocycles. The van der Waals surface area contributed by atoms with Gasteiger partial charge < -0.3 is 14.8 Å². The van der Waals surface area contributed by atoms with Crippen LogP contribution in [0.1, 0.15) is 23.1 Å². The third kappa shape index (κ3) is 4.51. The van der Waals surface area contributed by atoms with E-state index in [9.17, 15) is 9.18 Å². The normalized spacial score (nSPS) is 10.8. The van der Waals surface area contributed by atoms with Crippen LogP contribution in [0, 0.1) is 5.82 Å². The highest BCUT2D eigenvalue weighted by Crippen LogP contribution is 2.35. The minimum absolute atomic E-state index is 0.226. The minimum Gasteiger partial charge on any atom is -0.496 e. The van der Waals surface area contributed by atoms with E-state index in [1.165, 1.54) is 25.6 Å². The molecule has 2 aromatic heterocycles. The van der Waals surface area contributed by atoms with Crippen LogP contribution in [0.15, 0.2) is 48.8 Å². The smallest absolute Gasteiger partial charge is 0.251 e. The number of ether oxygens (including phenoxy) is 2. The van der Waals surface area contributed by atoms with Gasteiger partial charge in [0.1, 0.15) is 29.5 Å². The van der Waals surface area contributed by atoms with E-state index in [-0.39, 0.29) is 5.91 Å². The Labute approximate surface area is 183 Å². The first kappa shape index (κ1) is 21.2. The molecule has 2 aromatic carbocycles. The van der Waals surface area contributed by atoms with E-state index in [1.54, 1.807) is 24.3 Å². The molecule has 9 heteroatoms. The van der Waals surface area contributed by atoms with Crippen LogP contribution >= 0.6 is 0 Å². The van der Waals surface area contributed by atoms with Crippen molar-refractivity contribution in [1.29, 1.82) is 0 Å². The standard InChI is InChI=1S/C23H22FN5O3/c1-3-32-21-12-19(16-7-5-15(24)11-20(16)31-2)28-18-10-14(4-6-17(18)21)23(30)25-9-8-22-26-13-27-29-22/h4-7,10-13H,3,8-9H2,1-2H3,(H,25,30)(H,26,27,29). The summed E-state index contributed by atoms with van der Waals surface area (Å²) in [5, 5.41) is 10.2. The molecule has 4 rings (SSSR count). The summed E-state index contributed by atoms with van der Waals surface area (Å²) in [5.41, 5.74) is 2.23. The largest absolute Gasteiger partial charge is 0.496 e. The van der Waals surface area contributed by atoms with Gasteiger partial charge in [-0.15, -0.1) is 0 Å². The first-order valence-corrected chi connectivity index (χ1v) is 10.1. The second-order valence-electron chi connectivity index (χ2n) is 6.95. The summed E-state index contributed by atoms with van der Waals surface area (Å²) in [5.74, 6) is 1.05. The summed E-state index contributed by atoms with van der Waals surface area (Å²) in [7, 11) is 1.48. The lowest BCUT2D eigenvalue weighted by Crippen LogP contribution is -2.25. The number of nitrogens with one attached hydrogen (secondary N) is 2. The van der Waals surface area contributed by atoms with E-state index in [0.29, 0.717) is 59.2 Å². The highest BCUT2D eigenvalue weighted by Gasteiger charge is 2.15. The number of aromatic amines is 1. The van der Waals surface area contributed by atoms with Gasteiger partial charge in [0.05, 0.1) is 24.9 Å². The lowest BCUT2D eigenvalue weighted by atomic mass is 10.1. The van der Waals surface area contributed by atoms with Gasteiger partial charge in [-0.1, -0.05) is 0 Å². The zero-order valence-corrected chi connectivity index (χ0v) is 17.7. The molecule has 2 N–H and O–H groups in total. The number of nitrogens with zero attached hydrogens (tertiary/aromatic N) is 3. The van der Waals surface area contributed by atoms with Crippen molar-refractivity contribution in [2.45, 2.75) is 13.3 Å². The van der Waals surface area contributed by atoms with Crippen LogP contribution in [-0.2, 0) is 6.42 Å². The first-order valence-electron chi connectivity index (χ1n) is 10.1. The fourth-order valence-corrected chi connectivity index (χ4v) is 3.38. The molecule has 0 bridgehead atoms. The molecule has 0 saturated carbocycles. The van der Waals surface area contributed by atoms with E-state index < -0.39 is 5.82 Å². The van der Waals surface area contributed by atoms with Crippen LogP contribution in [0.5, 0.6) is 11.5 Å². The number of aromatic nitrogens is 4. The molecule has 0 radical (unpaired) electrons. The number of hydrogen-bond acceptors (Lipinski definition) is 6. The Bertz CT molecular complexity index is 1240. The highest BCUT2D eigenvalue weighted by molar-refractivity contribution is 5.99. The molecular formula is C23H22FN5O3. The van der Waals surface area contributed by atoms with Crippen LogP contribution in [-0.4, -0.2) is 46.3 Å². The quantitative estimate of drug-likeness (QED) is 0.439. The maximum atomic E-state index is 13.7. The number of benzene rings is 2. The van der Waals surface area contributed by atoms with Crippen LogP contribution in [0.3, 0.4) is 0 Å².